The minimum absolute atomic E-state index is 0.0515. The zero-order valence-corrected chi connectivity index (χ0v) is 28.2. The van der Waals surface area contributed by atoms with E-state index in [4.69, 9.17) is 11.6 Å². The molecule has 3 aliphatic heterocycles. The van der Waals surface area contributed by atoms with Crippen LogP contribution in [0.15, 0.2) is 71.7 Å². The first-order chi connectivity index (χ1) is 22.7. The van der Waals surface area contributed by atoms with Crippen molar-refractivity contribution in [1.82, 2.24) is 19.6 Å². The van der Waals surface area contributed by atoms with Crippen molar-refractivity contribution in [2.45, 2.75) is 39.4 Å². The molecular formula is C37H43ClN6O3. The van der Waals surface area contributed by atoms with Crippen molar-refractivity contribution in [1.29, 1.82) is 0 Å². The van der Waals surface area contributed by atoms with Gasteiger partial charge in [-0.2, -0.15) is 0 Å². The molecule has 0 saturated carbocycles. The van der Waals surface area contributed by atoms with E-state index in [1.807, 2.05) is 49.5 Å². The molecule has 3 aromatic carbocycles. The standard InChI is InChI=1S/C37H43ClN6O3/c1-26(2)42-20-18-41(19-21-42)16-14-34(45)30-8-9-31-24-43(37(47)29-10-12-32(38)13-11-29)25-35(46)44(33(31)22-30)23-27-4-6-28(7-5-27)36-39-15-17-40(36)3/h4-13,22,26H,14-21,23-25H2,1-3H3. The van der Waals surface area contributed by atoms with Crippen molar-refractivity contribution in [3.8, 4) is 0 Å². The number of hydrogen-bond donors (Lipinski definition) is 0. The van der Waals surface area contributed by atoms with Crippen molar-refractivity contribution in [3.05, 3.63) is 99.6 Å². The Labute approximate surface area is 282 Å². The first-order valence-corrected chi connectivity index (χ1v) is 16.9. The van der Waals surface area contributed by atoms with Gasteiger partial charge in [0.2, 0.25) is 5.91 Å². The van der Waals surface area contributed by atoms with Crippen LogP contribution in [0.4, 0.5) is 5.69 Å². The molecule has 2 amide bonds. The second-order valence-corrected chi connectivity index (χ2v) is 13.4. The van der Waals surface area contributed by atoms with Crippen LogP contribution < -0.4 is 4.90 Å². The summed E-state index contributed by atoms with van der Waals surface area (Å²) in [6.07, 6.45) is 0.412. The first-order valence-electron chi connectivity index (χ1n) is 16.5. The molecule has 0 bridgehead atoms. The molecule has 3 aromatic rings. The molecule has 47 heavy (non-hydrogen) atoms. The topological polar surface area (TPSA) is 79.8 Å². The molecule has 0 aliphatic carbocycles. The fourth-order valence-corrected chi connectivity index (χ4v) is 6.68. The molecule has 0 spiro atoms. The van der Waals surface area contributed by atoms with E-state index in [0.29, 0.717) is 47.4 Å². The summed E-state index contributed by atoms with van der Waals surface area (Å²) in [5, 5.41) is 0.540. The Kier molecular flexibility index (Phi) is 10.1. The number of fused-ring (bicyclic) bond motifs is 1. The molecule has 3 aliphatic rings. The van der Waals surface area contributed by atoms with Crippen molar-refractivity contribution in [2.24, 2.45) is 4.99 Å². The number of amidine groups is 1. The summed E-state index contributed by atoms with van der Waals surface area (Å²) >= 11 is 6.07. The van der Waals surface area contributed by atoms with Crippen LogP contribution >= 0.6 is 11.6 Å². The third kappa shape index (κ3) is 7.59. The molecule has 9 nitrogen and oxygen atoms in total. The Morgan fingerprint density at radius 1 is 0.872 bits per heavy atom. The average Bonchev–Trinajstić information content (AvgIpc) is 3.46. The Bertz CT molecular complexity index is 1650. The molecule has 3 heterocycles. The number of carbonyl (C=O) groups is 3. The highest BCUT2D eigenvalue weighted by atomic mass is 35.5. The van der Waals surface area contributed by atoms with Gasteiger partial charge in [-0.05, 0) is 55.3 Å². The maximum absolute atomic E-state index is 14.0. The second-order valence-electron chi connectivity index (χ2n) is 13.0. The van der Waals surface area contributed by atoms with Crippen molar-refractivity contribution >= 4 is 40.7 Å². The maximum atomic E-state index is 14.0. The van der Waals surface area contributed by atoms with E-state index in [0.717, 1.165) is 61.8 Å². The summed E-state index contributed by atoms with van der Waals surface area (Å²) < 4.78 is 0. The normalized spacial score (nSPS) is 17.6. The van der Waals surface area contributed by atoms with E-state index in [-0.39, 0.29) is 30.7 Å². The Morgan fingerprint density at radius 2 is 1.57 bits per heavy atom. The van der Waals surface area contributed by atoms with Gasteiger partial charge in [0.15, 0.2) is 5.78 Å². The van der Waals surface area contributed by atoms with Crippen molar-refractivity contribution in [3.63, 3.8) is 0 Å². The quantitative estimate of drug-likeness (QED) is 0.308. The third-order valence-corrected chi connectivity index (χ3v) is 9.72. The number of benzene rings is 3. The minimum Gasteiger partial charge on any atom is -0.358 e. The third-order valence-electron chi connectivity index (χ3n) is 9.47. The van der Waals surface area contributed by atoms with Gasteiger partial charge in [0.25, 0.3) is 5.91 Å². The number of carbonyl (C=O) groups excluding carboxylic acids is 3. The van der Waals surface area contributed by atoms with Gasteiger partial charge in [-0.25, -0.2) is 0 Å². The highest BCUT2D eigenvalue weighted by molar-refractivity contribution is 6.30. The molecular weight excluding hydrogens is 612 g/mol. The summed E-state index contributed by atoms with van der Waals surface area (Å²) in [6, 6.07) is 20.9. The molecule has 0 N–H and O–H groups in total. The molecule has 1 fully saturated rings. The molecule has 1 saturated heterocycles. The van der Waals surface area contributed by atoms with E-state index in [9.17, 15) is 14.4 Å². The van der Waals surface area contributed by atoms with E-state index < -0.39 is 0 Å². The van der Waals surface area contributed by atoms with Crippen LogP contribution in [0, 0.1) is 0 Å². The summed E-state index contributed by atoms with van der Waals surface area (Å²) in [5.41, 5.74) is 4.52. The van der Waals surface area contributed by atoms with Crippen LogP contribution in [-0.2, 0) is 17.9 Å². The molecule has 6 rings (SSSR count). The van der Waals surface area contributed by atoms with E-state index in [2.05, 4.69) is 33.5 Å². The summed E-state index contributed by atoms with van der Waals surface area (Å²) in [4.78, 5) is 55.9. The summed E-state index contributed by atoms with van der Waals surface area (Å²) in [7, 11) is 2.04. The second kappa shape index (κ2) is 14.4. The summed E-state index contributed by atoms with van der Waals surface area (Å²) in [6.45, 7) is 11.3. The monoisotopic (exact) mass is 654 g/mol. The number of halogens is 1. The van der Waals surface area contributed by atoms with Gasteiger partial charge in [0, 0.05) is 92.7 Å². The van der Waals surface area contributed by atoms with E-state index >= 15 is 0 Å². The number of nitrogens with zero attached hydrogens (tertiary/aromatic N) is 6. The molecule has 10 heteroatoms. The highest BCUT2D eigenvalue weighted by Crippen LogP contribution is 2.30. The highest BCUT2D eigenvalue weighted by Gasteiger charge is 2.31. The van der Waals surface area contributed by atoms with Crippen LogP contribution in [0.1, 0.15) is 57.7 Å². The lowest BCUT2D eigenvalue weighted by Crippen LogP contribution is -2.49. The number of Topliss-reactive ketones (excluding diaryl/α,β-unsaturated/α-hetero) is 1. The number of likely N-dealkylation sites (N-methyl/N-ethyl adjacent to an activating group) is 1. The fourth-order valence-electron chi connectivity index (χ4n) is 6.55. The van der Waals surface area contributed by atoms with Crippen LogP contribution in [0.3, 0.4) is 0 Å². The lowest BCUT2D eigenvalue weighted by Gasteiger charge is -2.36. The number of ketones is 1. The molecule has 0 atom stereocenters. The van der Waals surface area contributed by atoms with Gasteiger partial charge in [0.05, 0.1) is 13.1 Å². The van der Waals surface area contributed by atoms with Crippen LogP contribution in [0.25, 0.3) is 0 Å². The van der Waals surface area contributed by atoms with Gasteiger partial charge < -0.3 is 19.6 Å². The van der Waals surface area contributed by atoms with Gasteiger partial charge in [-0.3, -0.25) is 24.3 Å². The van der Waals surface area contributed by atoms with Gasteiger partial charge in [0.1, 0.15) is 12.4 Å². The van der Waals surface area contributed by atoms with E-state index in [1.165, 1.54) is 0 Å². The van der Waals surface area contributed by atoms with Crippen LogP contribution in [-0.4, -0.2) is 108 Å². The van der Waals surface area contributed by atoms with Gasteiger partial charge in [-0.15, -0.1) is 0 Å². The fraction of sp³-hybridized carbons (Fsp3) is 0.405. The van der Waals surface area contributed by atoms with Gasteiger partial charge in [-0.1, -0.05) is 48.0 Å². The van der Waals surface area contributed by atoms with Crippen LogP contribution in [0.2, 0.25) is 5.02 Å². The molecule has 0 aromatic heterocycles. The first kappa shape index (κ1) is 32.9. The number of hydrogen-bond acceptors (Lipinski definition) is 7. The average molecular weight is 655 g/mol. The van der Waals surface area contributed by atoms with Crippen molar-refractivity contribution < 1.29 is 14.4 Å². The number of rotatable bonds is 9. The Balaban J connectivity index is 1.24. The van der Waals surface area contributed by atoms with Crippen molar-refractivity contribution in [2.75, 3.05) is 64.3 Å². The summed E-state index contributed by atoms with van der Waals surface area (Å²) in [5.74, 6) is 0.568. The smallest absolute Gasteiger partial charge is 0.254 e. The largest absolute Gasteiger partial charge is 0.358 e. The zero-order chi connectivity index (χ0) is 33.1. The SMILES string of the molecule is CC(C)N1CCN(CCC(=O)c2ccc3c(c2)N(Cc2ccc(C4=NCCN4C)cc2)C(=O)CN(C(=O)c2ccc(Cl)cc2)C3)CC1. The molecule has 0 unspecified atom stereocenters. The number of amides is 2. The number of piperazine rings is 1. The number of anilines is 1. The predicted octanol–water partition coefficient (Wildman–Crippen LogP) is 4.82. The number of aliphatic imine (C=N–C) groups is 1. The minimum atomic E-state index is -0.244. The zero-order valence-electron chi connectivity index (χ0n) is 27.5. The predicted molar refractivity (Wildman–Crippen MR) is 186 cm³/mol. The maximum Gasteiger partial charge on any atom is 0.254 e. The molecule has 0 radical (unpaired) electrons. The van der Waals surface area contributed by atoms with Crippen LogP contribution in [0.5, 0.6) is 0 Å². The Hall–Kier alpha value is -4.05. The molecule has 246 valence electrons. The Morgan fingerprint density at radius 3 is 2.23 bits per heavy atom. The van der Waals surface area contributed by atoms with E-state index in [1.54, 1.807) is 34.1 Å². The van der Waals surface area contributed by atoms with Gasteiger partial charge >= 0.3 is 0 Å². The lowest BCUT2D eigenvalue weighted by molar-refractivity contribution is -0.119. The lowest BCUT2D eigenvalue weighted by atomic mass is 10.0.